The highest BCUT2D eigenvalue weighted by Gasteiger charge is 2.31. The van der Waals surface area contributed by atoms with Gasteiger partial charge in [0.25, 0.3) is 0 Å². The molecule has 2 atom stereocenters. The molecule has 1 aromatic rings. The Morgan fingerprint density at radius 2 is 2.22 bits per heavy atom. The minimum absolute atomic E-state index is 0.132. The Labute approximate surface area is 111 Å². The van der Waals surface area contributed by atoms with E-state index in [1.165, 1.54) is 17.8 Å². The maximum atomic E-state index is 5.83. The molecule has 1 saturated carbocycles. The predicted octanol–water partition coefficient (Wildman–Crippen LogP) is 1.66. The zero-order valence-electron chi connectivity index (χ0n) is 10.8. The lowest BCUT2D eigenvalue weighted by Gasteiger charge is -2.36. The smallest absolute Gasteiger partial charge is 0.208 e. The van der Waals surface area contributed by atoms with E-state index in [4.69, 9.17) is 9.47 Å². The first kappa shape index (κ1) is 12.3. The summed E-state index contributed by atoms with van der Waals surface area (Å²) in [5, 5.41) is 10.9. The van der Waals surface area contributed by atoms with E-state index in [2.05, 4.69) is 22.0 Å². The molecule has 2 fully saturated rings. The summed E-state index contributed by atoms with van der Waals surface area (Å²) in [5.74, 6) is 0.685. The molecule has 1 aromatic heterocycles. The molecule has 1 aliphatic carbocycles. The van der Waals surface area contributed by atoms with E-state index in [1.807, 2.05) is 0 Å². The number of hydrogen-bond acceptors (Lipinski definition) is 6. The van der Waals surface area contributed by atoms with Crippen molar-refractivity contribution < 1.29 is 9.47 Å². The number of ether oxygens (including phenoxy) is 2. The predicted molar refractivity (Wildman–Crippen MR) is 70.3 cm³/mol. The van der Waals surface area contributed by atoms with Gasteiger partial charge in [-0.25, -0.2) is 0 Å². The Kier molecular flexibility index (Phi) is 3.50. The summed E-state index contributed by atoms with van der Waals surface area (Å²) in [4.78, 5) is 2.28. The quantitative estimate of drug-likeness (QED) is 0.832. The first-order chi connectivity index (χ1) is 8.76. The third-order valence-electron chi connectivity index (χ3n) is 3.31. The summed E-state index contributed by atoms with van der Waals surface area (Å²) >= 11 is 1.74. The second kappa shape index (κ2) is 5.11. The van der Waals surface area contributed by atoms with Gasteiger partial charge in [0.2, 0.25) is 5.13 Å². The monoisotopic (exact) mass is 269 g/mol. The lowest BCUT2D eigenvalue weighted by molar-refractivity contribution is -0.0511. The van der Waals surface area contributed by atoms with Crippen molar-refractivity contribution in [2.75, 3.05) is 31.7 Å². The van der Waals surface area contributed by atoms with Gasteiger partial charge in [-0.3, -0.25) is 0 Å². The molecule has 0 radical (unpaired) electrons. The van der Waals surface area contributed by atoms with Crippen LogP contribution in [0.2, 0.25) is 0 Å². The number of rotatable bonds is 4. The van der Waals surface area contributed by atoms with Crippen LogP contribution in [0.1, 0.15) is 30.7 Å². The van der Waals surface area contributed by atoms with Crippen molar-refractivity contribution in [3.8, 4) is 0 Å². The highest BCUT2D eigenvalue weighted by molar-refractivity contribution is 7.15. The van der Waals surface area contributed by atoms with Crippen LogP contribution in [0.4, 0.5) is 5.13 Å². The molecule has 0 N–H and O–H groups in total. The Morgan fingerprint density at radius 3 is 2.94 bits per heavy atom. The van der Waals surface area contributed by atoms with Gasteiger partial charge in [-0.15, -0.1) is 10.2 Å². The van der Waals surface area contributed by atoms with Crippen LogP contribution in [0.5, 0.6) is 0 Å². The summed E-state index contributed by atoms with van der Waals surface area (Å²) < 4.78 is 11.0. The average molecular weight is 269 g/mol. The summed E-state index contributed by atoms with van der Waals surface area (Å²) in [6.45, 7) is 4.46. The van der Waals surface area contributed by atoms with Crippen molar-refractivity contribution >= 4 is 16.5 Å². The molecule has 6 heteroatoms. The molecular formula is C12H19N3O2S. The SMILES string of the molecule is COCC1CN(c2nnc(C3CC3)s2)CC(C)O1. The normalized spacial score (nSPS) is 28.7. The van der Waals surface area contributed by atoms with Gasteiger partial charge in [0.1, 0.15) is 5.01 Å². The van der Waals surface area contributed by atoms with Crippen LogP contribution in [0.3, 0.4) is 0 Å². The number of methoxy groups -OCH3 is 1. The number of aromatic nitrogens is 2. The zero-order chi connectivity index (χ0) is 12.5. The zero-order valence-corrected chi connectivity index (χ0v) is 11.7. The molecule has 100 valence electrons. The second-order valence-electron chi connectivity index (χ2n) is 5.13. The molecule has 0 amide bonds. The van der Waals surface area contributed by atoms with Crippen LogP contribution in [-0.4, -0.2) is 49.2 Å². The van der Waals surface area contributed by atoms with Crippen molar-refractivity contribution in [1.29, 1.82) is 0 Å². The lowest BCUT2D eigenvalue weighted by atomic mass is 10.2. The van der Waals surface area contributed by atoms with Crippen LogP contribution in [0.15, 0.2) is 0 Å². The van der Waals surface area contributed by atoms with Gasteiger partial charge in [-0.1, -0.05) is 11.3 Å². The van der Waals surface area contributed by atoms with Crippen molar-refractivity contribution in [3.63, 3.8) is 0 Å². The lowest BCUT2D eigenvalue weighted by Crippen LogP contribution is -2.48. The number of nitrogens with zero attached hydrogens (tertiary/aromatic N) is 3. The summed E-state index contributed by atoms with van der Waals surface area (Å²) in [6.07, 6.45) is 2.90. The molecule has 2 heterocycles. The molecule has 2 aliphatic rings. The van der Waals surface area contributed by atoms with Crippen LogP contribution >= 0.6 is 11.3 Å². The van der Waals surface area contributed by atoms with Crippen molar-refractivity contribution in [2.45, 2.75) is 37.9 Å². The van der Waals surface area contributed by atoms with Crippen molar-refractivity contribution in [1.82, 2.24) is 10.2 Å². The highest BCUT2D eigenvalue weighted by atomic mass is 32.1. The summed E-state index contributed by atoms with van der Waals surface area (Å²) in [5.41, 5.74) is 0. The number of hydrogen-bond donors (Lipinski definition) is 0. The number of morpholine rings is 1. The minimum atomic E-state index is 0.132. The van der Waals surface area contributed by atoms with E-state index in [-0.39, 0.29) is 12.2 Å². The third kappa shape index (κ3) is 2.65. The van der Waals surface area contributed by atoms with E-state index >= 15 is 0 Å². The first-order valence-corrected chi connectivity index (χ1v) is 7.30. The van der Waals surface area contributed by atoms with Gasteiger partial charge in [0.05, 0.1) is 18.8 Å². The van der Waals surface area contributed by atoms with Crippen molar-refractivity contribution in [2.24, 2.45) is 0 Å². The van der Waals surface area contributed by atoms with E-state index in [0.29, 0.717) is 12.5 Å². The molecule has 0 aromatic carbocycles. The summed E-state index contributed by atoms with van der Waals surface area (Å²) in [6, 6.07) is 0. The molecule has 0 spiro atoms. The van der Waals surface area contributed by atoms with E-state index < -0.39 is 0 Å². The van der Waals surface area contributed by atoms with Crippen LogP contribution < -0.4 is 4.90 Å². The molecule has 3 rings (SSSR count). The molecule has 5 nitrogen and oxygen atoms in total. The van der Waals surface area contributed by atoms with Gasteiger partial charge < -0.3 is 14.4 Å². The standard InChI is InChI=1S/C12H19N3O2S/c1-8-5-15(6-10(17-8)7-16-2)12-14-13-11(18-12)9-3-4-9/h8-10H,3-7H2,1-2H3. The van der Waals surface area contributed by atoms with Crippen LogP contribution in [-0.2, 0) is 9.47 Å². The highest BCUT2D eigenvalue weighted by Crippen LogP contribution is 2.42. The average Bonchev–Trinajstić information content (AvgIpc) is 3.07. The van der Waals surface area contributed by atoms with Crippen LogP contribution in [0.25, 0.3) is 0 Å². The molecule has 2 unspecified atom stereocenters. The van der Waals surface area contributed by atoms with E-state index in [0.717, 1.165) is 18.2 Å². The maximum Gasteiger partial charge on any atom is 0.208 e. The van der Waals surface area contributed by atoms with Gasteiger partial charge in [0.15, 0.2) is 0 Å². The van der Waals surface area contributed by atoms with E-state index in [1.54, 1.807) is 18.4 Å². The topological polar surface area (TPSA) is 47.5 Å². The Hall–Kier alpha value is -0.720. The van der Waals surface area contributed by atoms with Gasteiger partial charge in [0, 0.05) is 26.1 Å². The van der Waals surface area contributed by atoms with Gasteiger partial charge in [-0.05, 0) is 19.8 Å². The Bertz CT molecular complexity index is 408. The first-order valence-electron chi connectivity index (χ1n) is 6.49. The van der Waals surface area contributed by atoms with Crippen molar-refractivity contribution in [3.05, 3.63) is 5.01 Å². The third-order valence-corrected chi connectivity index (χ3v) is 4.45. The summed E-state index contributed by atoms with van der Waals surface area (Å²) in [7, 11) is 1.71. The van der Waals surface area contributed by atoms with Gasteiger partial charge in [-0.2, -0.15) is 0 Å². The maximum absolute atomic E-state index is 5.83. The molecule has 1 saturated heterocycles. The second-order valence-corrected chi connectivity index (χ2v) is 6.11. The fourth-order valence-corrected chi connectivity index (χ4v) is 3.36. The fourth-order valence-electron chi connectivity index (χ4n) is 2.33. The minimum Gasteiger partial charge on any atom is -0.382 e. The Morgan fingerprint density at radius 1 is 1.39 bits per heavy atom. The molecular weight excluding hydrogens is 250 g/mol. The fraction of sp³-hybridized carbons (Fsp3) is 0.833. The van der Waals surface area contributed by atoms with Gasteiger partial charge >= 0.3 is 0 Å². The number of anilines is 1. The largest absolute Gasteiger partial charge is 0.382 e. The van der Waals surface area contributed by atoms with E-state index in [9.17, 15) is 0 Å². The molecule has 0 bridgehead atoms. The Balaban J connectivity index is 1.69. The molecule has 18 heavy (non-hydrogen) atoms. The molecule has 1 aliphatic heterocycles. The van der Waals surface area contributed by atoms with Crippen LogP contribution in [0, 0.1) is 0 Å².